The van der Waals surface area contributed by atoms with Crippen LogP contribution in [0.1, 0.15) is 9.67 Å². The van der Waals surface area contributed by atoms with Crippen LogP contribution in [0.2, 0.25) is 0 Å². The molecule has 0 spiro atoms. The van der Waals surface area contributed by atoms with Gasteiger partial charge in [-0.1, -0.05) is 0 Å². The Morgan fingerprint density at radius 2 is 1.86 bits per heavy atom. The molecule has 1 aliphatic rings. The fraction of sp³-hybridized carbons (Fsp3) is 0.267. The molecule has 1 aromatic carbocycles. The second kappa shape index (κ2) is 6.60. The van der Waals surface area contributed by atoms with Gasteiger partial charge in [0.15, 0.2) is 0 Å². The number of hydrogen-bond donors (Lipinski definition) is 1. The molecule has 1 saturated heterocycles. The van der Waals surface area contributed by atoms with Gasteiger partial charge in [0.2, 0.25) is 0 Å². The summed E-state index contributed by atoms with van der Waals surface area (Å²) < 4.78 is 6.30. The van der Waals surface area contributed by atoms with Gasteiger partial charge < -0.3 is 15.0 Å². The number of anilines is 2. The molecule has 1 amide bonds. The Balaban J connectivity index is 1.65. The summed E-state index contributed by atoms with van der Waals surface area (Å²) in [5.41, 5.74) is 1.97. The van der Waals surface area contributed by atoms with Crippen LogP contribution in [-0.2, 0) is 4.74 Å². The predicted molar refractivity (Wildman–Crippen MR) is 89.4 cm³/mol. The summed E-state index contributed by atoms with van der Waals surface area (Å²) in [5.74, 6) is -0.0789. The number of carbonyl (C=O) groups is 1. The van der Waals surface area contributed by atoms with E-state index >= 15 is 0 Å². The molecule has 0 bridgehead atoms. The molecular formula is C15H15BrN2O2S. The van der Waals surface area contributed by atoms with Crippen molar-refractivity contribution < 1.29 is 9.53 Å². The Kier molecular flexibility index (Phi) is 4.57. The number of thiophene rings is 1. The van der Waals surface area contributed by atoms with Crippen molar-refractivity contribution in [2.24, 2.45) is 0 Å². The zero-order valence-electron chi connectivity index (χ0n) is 11.3. The fourth-order valence-corrected chi connectivity index (χ4v) is 3.49. The number of ether oxygens (including phenoxy) is 1. The topological polar surface area (TPSA) is 41.6 Å². The fourth-order valence-electron chi connectivity index (χ4n) is 2.21. The van der Waals surface area contributed by atoms with Gasteiger partial charge in [0.25, 0.3) is 5.91 Å². The molecule has 0 atom stereocenters. The van der Waals surface area contributed by atoms with E-state index < -0.39 is 0 Å². The van der Waals surface area contributed by atoms with E-state index in [9.17, 15) is 4.79 Å². The number of nitrogens with zero attached hydrogens (tertiary/aromatic N) is 1. The van der Waals surface area contributed by atoms with E-state index in [0.717, 1.165) is 41.5 Å². The van der Waals surface area contributed by atoms with E-state index in [0.29, 0.717) is 4.88 Å². The first-order valence-corrected chi connectivity index (χ1v) is 8.33. The minimum absolute atomic E-state index is 0.0789. The van der Waals surface area contributed by atoms with Gasteiger partial charge in [-0.3, -0.25) is 4.79 Å². The van der Waals surface area contributed by atoms with Crippen molar-refractivity contribution in [1.29, 1.82) is 0 Å². The lowest BCUT2D eigenvalue weighted by Gasteiger charge is -2.28. The molecule has 0 unspecified atom stereocenters. The standard InChI is InChI=1S/C15H15BrN2O2S/c16-14-6-5-13(21-14)15(19)17-11-1-3-12(4-2-11)18-7-9-20-10-8-18/h1-6H,7-10H2,(H,17,19). The van der Waals surface area contributed by atoms with E-state index in [2.05, 4.69) is 26.1 Å². The number of morpholine rings is 1. The molecule has 3 rings (SSSR count). The summed E-state index contributed by atoms with van der Waals surface area (Å²) >= 11 is 4.79. The van der Waals surface area contributed by atoms with Gasteiger partial charge in [0.05, 0.1) is 21.9 Å². The lowest BCUT2D eigenvalue weighted by Crippen LogP contribution is -2.36. The van der Waals surface area contributed by atoms with Crippen LogP contribution in [0.25, 0.3) is 0 Å². The molecule has 21 heavy (non-hydrogen) atoms. The SMILES string of the molecule is O=C(Nc1ccc(N2CCOCC2)cc1)c1ccc(Br)s1. The number of carbonyl (C=O) groups excluding carboxylic acids is 1. The van der Waals surface area contributed by atoms with E-state index in [1.54, 1.807) is 0 Å². The molecule has 0 radical (unpaired) electrons. The first-order valence-electron chi connectivity index (χ1n) is 6.72. The molecule has 110 valence electrons. The van der Waals surface area contributed by atoms with Crippen molar-refractivity contribution in [1.82, 2.24) is 0 Å². The Labute approximate surface area is 135 Å². The highest BCUT2D eigenvalue weighted by molar-refractivity contribution is 9.11. The second-order valence-electron chi connectivity index (χ2n) is 4.70. The molecule has 4 nitrogen and oxygen atoms in total. The maximum Gasteiger partial charge on any atom is 0.265 e. The zero-order valence-corrected chi connectivity index (χ0v) is 13.7. The van der Waals surface area contributed by atoms with Crippen molar-refractivity contribution in [3.8, 4) is 0 Å². The summed E-state index contributed by atoms with van der Waals surface area (Å²) in [5, 5.41) is 2.91. The Morgan fingerprint density at radius 3 is 2.48 bits per heavy atom. The molecule has 1 N–H and O–H groups in total. The third-order valence-corrected chi connectivity index (χ3v) is 4.92. The van der Waals surface area contributed by atoms with Gasteiger partial charge in [-0.15, -0.1) is 11.3 Å². The van der Waals surface area contributed by atoms with Crippen LogP contribution in [0.3, 0.4) is 0 Å². The van der Waals surface area contributed by atoms with Crippen LogP contribution in [0.5, 0.6) is 0 Å². The highest BCUT2D eigenvalue weighted by atomic mass is 79.9. The van der Waals surface area contributed by atoms with Crippen molar-refractivity contribution in [2.75, 3.05) is 36.5 Å². The van der Waals surface area contributed by atoms with Gasteiger partial charge in [0, 0.05) is 24.5 Å². The van der Waals surface area contributed by atoms with Crippen LogP contribution in [0.4, 0.5) is 11.4 Å². The summed E-state index contributed by atoms with van der Waals surface area (Å²) in [7, 11) is 0. The molecule has 2 heterocycles. The quantitative estimate of drug-likeness (QED) is 0.901. The first-order chi connectivity index (χ1) is 10.2. The molecule has 1 aliphatic heterocycles. The van der Waals surface area contributed by atoms with Crippen molar-refractivity contribution in [3.05, 3.63) is 45.1 Å². The van der Waals surface area contributed by atoms with Gasteiger partial charge in [-0.05, 0) is 52.3 Å². The average molecular weight is 367 g/mol. The van der Waals surface area contributed by atoms with Gasteiger partial charge >= 0.3 is 0 Å². The molecule has 2 aromatic rings. The van der Waals surface area contributed by atoms with Crippen LogP contribution >= 0.6 is 27.3 Å². The largest absolute Gasteiger partial charge is 0.378 e. The number of rotatable bonds is 3. The maximum absolute atomic E-state index is 12.1. The Morgan fingerprint density at radius 1 is 1.14 bits per heavy atom. The first kappa shape index (κ1) is 14.6. The Bertz CT molecular complexity index is 621. The summed E-state index contributed by atoms with van der Waals surface area (Å²) in [4.78, 5) is 15.0. The van der Waals surface area contributed by atoms with Crippen LogP contribution in [-0.4, -0.2) is 32.2 Å². The average Bonchev–Trinajstić information content (AvgIpc) is 2.96. The molecule has 1 fully saturated rings. The third-order valence-electron chi connectivity index (χ3n) is 3.30. The molecule has 6 heteroatoms. The molecular weight excluding hydrogens is 352 g/mol. The van der Waals surface area contributed by atoms with Crippen molar-refractivity contribution in [2.45, 2.75) is 0 Å². The van der Waals surface area contributed by atoms with E-state index in [-0.39, 0.29) is 5.91 Å². The van der Waals surface area contributed by atoms with Crippen LogP contribution < -0.4 is 10.2 Å². The van der Waals surface area contributed by atoms with Crippen LogP contribution in [0, 0.1) is 0 Å². The van der Waals surface area contributed by atoms with E-state index in [4.69, 9.17) is 4.74 Å². The van der Waals surface area contributed by atoms with Crippen molar-refractivity contribution >= 4 is 44.5 Å². The predicted octanol–water partition coefficient (Wildman–Crippen LogP) is 3.60. The van der Waals surface area contributed by atoms with E-state index in [1.807, 2.05) is 36.4 Å². The summed E-state index contributed by atoms with van der Waals surface area (Å²) in [6.45, 7) is 3.36. The Hall–Kier alpha value is -1.37. The second-order valence-corrected chi connectivity index (χ2v) is 7.17. The van der Waals surface area contributed by atoms with Gasteiger partial charge in [-0.2, -0.15) is 0 Å². The lowest BCUT2D eigenvalue weighted by atomic mass is 10.2. The van der Waals surface area contributed by atoms with Crippen molar-refractivity contribution in [3.63, 3.8) is 0 Å². The minimum Gasteiger partial charge on any atom is -0.378 e. The highest BCUT2D eigenvalue weighted by Crippen LogP contribution is 2.24. The lowest BCUT2D eigenvalue weighted by molar-refractivity contribution is 0.103. The number of benzene rings is 1. The monoisotopic (exact) mass is 366 g/mol. The normalized spacial score (nSPS) is 15.0. The number of halogens is 1. The molecule has 0 aliphatic carbocycles. The summed E-state index contributed by atoms with van der Waals surface area (Å²) in [6.07, 6.45) is 0. The third kappa shape index (κ3) is 3.64. The molecule has 0 saturated carbocycles. The van der Waals surface area contributed by atoms with E-state index in [1.165, 1.54) is 11.3 Å². The summed E-state index contributed by atoms with van der Waals surface area (Å²) in [6, 6.07) is 11.6. The minimum atomic E-state index is -0.0789. The van der Waals surface area contributed by atoms with Crippen LogP contribution in [0.15, 0.2) is 40.2 Å². The highest BCUT2D eigenvalue weighted by Gasteiger charge is 2.12. The zero-order chi connectivity index (χ0) is 14.7. The molecule has 1 aromatic heterocycles. The van der Waals surface area contributed by atoms with Gasteiger partial charge in [0.1, 0.15) is 0 Å². The number of hydrogen-bond acceptors (Lipinski definition) is 4. The van der Waals surface area contributed by atoms with Gasteiger partial charge in [-0.25, -0.2) is 0 Å². The maximum atomic E-state index is 12.1. The smallest absolute Gasteiger partial charge is 0.265 e. The number of nitrogens with one attached hydrogen (secondary N) is 1. The number of amides is 1.